The summed E-state index contributed by atoms with van der Waals surface area (Å²) in [7, 11) is 3.13. The van der Waals surface area contributed by atoms with E-state index in [-0.39, 0.29) is 11.7 Å². The average molecular weight is 347 g/mol. The van der Waals surface area contributed by atoms with Gasteiger partial charge in [0.2, 0.25) is 5.91 Å². The van der Waals surface area contributed by atoms with Crippen molar-refractivity contribution in [3.05, 3.63) is 35.2 Å². The van der Waals surface area contributed by atoms with Crippen LogP contribution in [0.2, 0.25) is 0 Å². The van der Waals surface area contributed by atoms with Crippen LogP contribution in [0.3, 0.4) is 0 Å². The van der Waals surface area contributed by atoms with E-state index in [4.69, 9.17) is 9.47 Å². The van der Waals surface area contributed by atoms with E-state index in [1.54, 1.807) is 32.4 Å². The Kier molecular flexibility index (Phi) is 6.03. The molecular weight excluding hydrogens is 326 g/mol. The van der Waals surface area contributed by atoms with Crippen molar-refractivity contribution in [2.45, 2.75) is 25.9 Å². The van der Waals surface area contributed by atoms with Crippen LogP contribution < -0.4 is 14.8 Å². The van der Waals surface area contributed by atoms with Gasteiger partial charge in [-0.3, -0.25) is 4.79 Å². The topological polar surface area (TPSA) is 73.3 Å². The van der Waals surface area contributed by atoms with Crippen LogP contribution in [0.25, 0.3) is 0 Å². The number of aromatic nitrogens is 2. The molecule has 0 bridgehead atoms. The van der Waals surface area contributed by atoms with Crippen LogP contribution >= 0.6 is 11.8 Å². The second kappa shape index (κ2) is 8.01. The smallest absolute Gasteiger partial charge is 0.234 e. The van der Waals surface area contributed by atoms with Crippen LogP contribution in [0.4, 0.5) is 5.69 Å². The van der Waals surface area contributed by atoms with Crippen molar-refractivity contribution >= 4 is 23.4 Å². The van der Waals surface area contributed by atoms with Gasteiger partial charge in [-0.05, 0) is 38.5 Å². The lowest BCUT2D eigenvalue weighted by Gasteiger charge is -2.11. The first-order chi connectivity index (χ1) is 11.4. The Labute approximate surface area is 146 Å². The molecule has 2 rings (SSSR count). The number of anilines is 1. The SMILES string of the molecule is COc1ccc(OC)c(NC(=O)CSc2nc(C)c(C)c(C)n2)c1. The molecule has 7 heteroatoms. The number of nitrogens with zero attached hydrogens (tertiary/aromatic N) is 2. The van der Waals surface area contributed by atoms with Crippen molar-refractivity contribution in [1.82, 2.24) is 9.97 Å². The lowest BCUT2D eigenvalue weighted by Crippen LogP contribution is -2.15. The van der Waals surface area contributed by atoms with Crippen LogP contribution in [0.1, 0.15) is 17.0 Å². The highest BCUT2D eigenvalue weighted by molar-refractivity contribution is 7.99. The molecule has 0 fully saturated rings. The predicted octanol–water partition coefficient (Wildman–Crippen LogP) is 3.15. The molecule has 1 amide bonds. The van der Waals surface area contributed by atoms with Crippen LogP contribution in [0.5, 0.6) is 11.5 Å². The summed E-state index contributed by atoms with van der Waals surface area (Å²) in [5, 5.41) is 3.43. The van der Waals surface area contributed by atoms with Gasteiger partial charge in [0.15, 0.2) is 5.16 Å². The number of carbonyl (C=O) groups is 1. The number of thioether (sulfide) groups is 1. The molecule has 1 aromatic heterocycles. The molecule has 0 radical (unpaired) electrons. The molecule has 0 unspecified atom stereocenters. The van der Waals surface area contributed by atoms with Crippen LogP contribution in [-0.4, -0.2) is 35.8 Å². The number of hydrogen-bond donors (Lipinski definition) is 1. The molecule has 1 aromatic carbocycles. The summed E-state index contributed by atoms with van der Waals surface area (Å²) in [5.74, 6) is 1.27. The Hall–Kier alpha value is -2.28. The predicted molar refractivity (Wildman–Crippen MR) is 95.1 cm³/mol. The lowest BCUT2D eigenvalue weighted by atomic mass is 10.2. The van der Waals surface area contributed by atoms with E-state index in [2.05, 4.69) is 15.3 Å². The first kappa shape index (κ1) is 18.1. The zero-order valence-corrected chi connectivity index (χ0v) is 15.3. The van der Waals surface area contributed by atoms with Crippen molar-refractivity contribution in [3.8, 4) is 11.5 Å². The minimum absolute atomic E-state index is 0.161. The third kappa shape index (κ3) is 4.38. The summed E-state index contributed by atoms with van der Waals surface area (Å²) >= 11 is 1.30. The normalized spacial score (nSPS) is 10.4. The molecular formula is C17H21N3O3S. The zero-order valence-electron chi connectivity index (χ0n) is 14.5. The molecule has 0 spiro atoms. The molecule has 0 saturated carbocycles. The van der Waals surface area contributed by atoms with E-state index < -0.39 is 0 Å². The lowest BCUT2D eigenvalue weighted by molar-refractivity contribution is -0.113. The first-order valence-electron chi connectivity index (χ1n) is 7.41. The Morgan fingerprint density at radius 3 is 2.38 bits per heavy atom. The van der Waals surface area contributed by atoms with Gasteiger partial charge in [0, 0.05) is 17.5 Å². The quantitative estimate of drug-likeness (QED) is 0.639. The number of ether oxygens (including phenoxy) is 2. The largest absolute Gasteiger partial charge is 0.497 e. The van der Waals surface area contributed by atoms with E-state index in [0.29, 0.717) is 22.3 Å². The second-order valence-corrected chi connectivity index (χ2v) is 6.15. The number of carbonyl (C=O) groups excluding carboxylic acids is 1. The summed E-state index contributed by atoms with van der Waals surface area (Å²) in [5.41, 5.74) is 3.50. The molecule has 0 atom stereocenters. The maximum atomic E-state index is 12.2. The van der Waals surface area contributed by atoms with Crippen LogP contribution in [0.15, 0.2) is 23.4 Å². The van der Waals surface area contributed by atoms with Gasteiger partial charge >= 0.3 is 0 Å². The Bertz CT molecular complexity index is 727. The molecule has 6 nitrogen and oxygen atoms in total. The fourth-order valence-electron chi connectivity index (χ4n) is 2.03. The minimum Gasteiger partial charge on any atom is -0.497 e. The molecule has 0 aliphatic heterocycles. The van der Waals surface area contributed by atoms with E-state index in [9.17, 15) is 4.79 Å². The molecule has 1 heterocycles. The maximum Gasteiger partial charge on any atom is 0.234 e. The fraction of sp³-hybridized carbons (Fsp3) is 0.353. The number of hydrogen-bond acceptors (Lipinski definition) is 6. The van der Waals surface area contributed by atoms with Gasteiger partial charge in [-0.1, -0.05) is 11.8 Å². The average Bonchev–Trinajstić information content (AvgIpc) is 2.57. The maximum absolute atomic E-state index is 12.2. The number of methoxy groups -OCH3 is 2. The molecule has 2 aromatic rings. The van der Waals surface area contributed by atoms with Crippen LogP contribution in [-0.2, 0) is 4.79 Å². The third-order valence-electron chi connectivity index (χ3n) is 3.63. The molecule has 1 N–H and O–H groups in total. The molecule has 0 aliphatic rings. The van der Waals surface area contributed by atoms with Crippen molar-refractivity contribution < 1.29 is 14.3 Å². The van der Waals surface area contributed by atoms with Crippen molar-refractivity contribution in [2.75, 3.05) is 25.3 Å². The number of aryl methyl sites for hydroxylation is 2. The number of amides is 1. The monoisotopic (exact) mass is 347 g/mol. The van der Waals surface area contributed by atoms with Gasteiger partial charge in [0.05, 0.1) is 25.7 Å². The van der Waals surface area contributed by atoms with Crippen molar-refractivity contribution in [3.63, 3.8) is 0 Å². The second-order valence-electron chi connectivity index (χ2n) is 5.21. The van der Waals surface area contributed by atoms with E-state index in [0.717, 1.165) is 17.0 Å². The van der Waals surface area contributed by atoms with E-state index >= 15 is 0 Å². The highest BCUT2D eigenvalue weighted by atomic mass is 32.2. The van der Waals surface area contributed by atoms with Crippen molar-refractivity contribution in [1.29, 1.82) is 0 Å². The molecule has 0 aliphatic carbocycles. The first-order valence-corrected chi connectivity index (χ1v) is 8.39. The number of benzene rings is 1. The highest BCUT2D eigenvalue weighted by Crippen LogP contribution is 2.29. The highest BCUT2D eigenvalue weighted by Gasteiger charge is 2.11. The van der Waals surface area contributed by atoms with Gasteiger partial charge in [-0.15, -0.1) is 0 Å². The summed E-state index contributed by atoms with van der Waals surface area (Å²) < 4.78 is 10.4. The Morgan fingerprint density at radius 1 is 1.12 bits per heavy atom. The summed E-state index contributed by atoms with van der Waals surface area (Å²) in [6, 6.07) is 5.24. The van der Waals surface area contributed by atoms with Gasteiger partial charge in [0.25, 0.3) is 0 Å². The van der Waals surface area contributed by atoms with Gasteiger partial charge in [0.1, 0.15) is 11.5 Å². The standard InChI is InChI=1S/C17H21N3O3S/c1-10-11(2)18-17(19-12(10)3)24-9-16(21)20-14-8-13(22-4)6-7-15(14)23-5/h6-8H,9H2,1-5H3,(H,20,21). The Morgan fingerprint density at radius 2 is 1.79 bits per heavy atom. The number of rotatable bonds is 6. The molecule has 24 heavy (non-hydrogen) atoms. The molecule has 128 valence electrons. The summed E-state index contributed by atoms with van der Waals surface area (Å²) in [6.07, 6.45) is 0. The Balaban J connectivity index is 2.04. The molecule has 0 saturated heterocycles. The van der Waals surface area contributed by atoms with Crippen LogP contribution in [0, 0.1) is 20.8 Å². The summed E-state index contributed by atoms with van der Waals surface area (Å²) in [6.45, 7) is 5.87. The minimum atomic E-state index is -0.161. The van der Waals surface area contributed by atoms with E-state index in [1.807, 2.05) is 20.8 Å². The summed E-state index contributed by atoms with van der Waals surface area (Å²) in [4.78, 5) is 21.0. The van der Waals surface area contributed by atoms with Gasteiger partial charge in [-0.2, -0.15) is 0 Å². The van der Waals surface area contributed by atoms with Crippen molar-refractivity contribution in [2.24, 2.45) is 0 Å². The van der Waals surface area contributed by atoms with Gasteiger partial charge in [-0.25, -0.2) is 9.97 Å². The van der Waals surface area contributed by atoms with E-state index in [1.165, 1.54) is 11.8 Å². The zero-order chi connectivity index (χ0) is 17.7. The van der Waals surface area contributed by atoms with Gasteiger partial charge < -0.3 is 14.8 Å². The fourth-order valence-corrected chi connectivity index (χ4v) is 2.77. The number of nitrogens with one attached hydrogen (secondary N) is 1. The third-order valence-corrected chi connectivity index (χ3v) is 4.47.